The fraction of sp³-hybridized carbons (Fsp3) is 0.350. The molecular formula is C20H24N2O6. The molecule has 3 N–H and O–H groups in total. The van der Waals surface area contributed by atoms with E-state index >= 15 is 0 Å². The molecule has 0 atom stereocenters. The molecule has 2 aromatic rings. The van der Waals surface area contributed by atoms with E-state index < -0.39 is 11.9 Å². The minimum Gasteiger partial charge on any atom is -0.494 e. The smallest absolute Gasteiger partial charge is 0.342 e. The number of nitrogens with two attached hydrogens (primary N) is 1. The molecule has 8 nitrogen and oxygen atoms in total. The number of hydrogen-bond acceptors (Lipinski definition) is 6. The van der Waals surface area contributed by atoms with E-state index in [1.807, 2.05) is 31.2 Å². The van der Waals surface area contributed by atoms with Crippen LogP contribution in [0.3, 0.4) is 0 Å². The van der Waals surface area contributed by atoms with Crippen molar-refractivity contribution in [3.8, 4) is 5.75 Å². The van der Waals surface area contributed by atoms with Gasteiger partial charge in [-0.2, -0.15) is 0 Å². The van der Waals surface area contributed by atoms with Crippen LogP contribution >= 0.6 is 0 Å². The van der Waals surface area contributed by atoms with Crippen LogP contribution in [0.2, 0.25) is 0 Å². The predicted octanol–water partition coefficient (Wildman–Crippen LogP) is 2.97. The van der Waals surface area contributed by atoms with Crippen molar-refractivity contribution in [1.82, 2.24) is 0 Å². The largest absolute Gasteiger partial charge is 0.494 e. The van der Waals surface area contributed by atoms with Gasteiger partial charge in [0.15, 0.2) is 0 Å². The summed E-state index contributed by atoms with van der Waals surface area (Å²) >= 11 is 0. The molecule has 0 aliphatic rings. The van der Waals surface area contributed by atoms with Crippen molar-refractivity contribution in [1.29, 1.82) is 0 Å². The number of esters is 1. The van der Waals surface area contributed by atoms with E-state index in [9.17, 15) is 14.4 Å². The zero-order chi connectivity index (χ0) is 20.7. The maximum absolute atomic E-state index is 12.2. The van der Waals surface area contributed by atoms with Gasteiger partial charge >= 0.3 is 5.97 Å². The molecule has 1 aromatic carbocycles. The quantitative estimate of drug-likeness (QED) is 0.503. The average Bonchev–Trinajstić information content (AvgIpc) is 2.96. The van der Waals surface area contributed by atoms with E-state index in [1.165, 1.54) is 6.92 Å². The monoisotopic (exact) mass is 388 g/mol. The second-order valence-electron chi connectivity index (χ2n) is 6.14. The molecule has 0 aliphatic heterocycles. The Labute approximate surface area is 163 Å². The highest BCUT2D eigenvalue weighted by Crippen LogP contribution is 2.27. The molecule has 0 saturated heterocycles. The Hall–Kier alpha value is -3.29. The highest BCUT2D eigenvalue weighted by Gasteiger charge is 2.28. The molecule has 0 fully saturated rings. The van der Waals surface area contributed by atoms with Crippen molar-refractivity contribution in [2.45, 2.75) is 33.6 Å². The lowest BCUT2D eigenvalue weighted by molar-refractivity contribution is -0.116. The summed E-state index contributed by atoms with van der Waals surface area (Å²) in [5.41, 5.74) is 6.22. The number of anilines is 1. The summed E-state index contributed by atoms with van der Waals surface area (Å²) < 4.78 is 15.8. The number of aryl methyl sites for hydroxylation is 2. The van der Waals surface area contributed by atoms with Crippen LogP contribution in [-0.2, 0) is 9.53 Å². The van der Waals surface area contributed by atoms with Crippen LogP contribution in [0.15, 0.2) is 28.7 Å². The fourth-order valence-electron chi connectivity index (χ4n) is 2.56. The lowest BCUT2D eigenvalue weighted by atomic mass is 10.1. The van der Waals surface area contributed by atoms with Crippen LogP contribution in [0.5, 0.6) is 5.75 Å². The number of amides is 2. The van der Waals surface area contributed by atoms with Crippen molar-refractivity contribution in [2.75, 3.05) is 18.5 Å². The summed E-state index contributed by atoms with van der Waals surface area (Å²) in [7, 11) is 0. The molecule has 0 spiro atoms. The van der Waals surface area contributed by atoms with Gasteiger partial charge in [0.2, 0.25) is 11.8 Å². The second kappa shape index (κ2) is 9.59. The van der Waals surface area contributed by atoms with Crippen molar-refractivity contribution in [2.24, 2.45) is 5.73 Å². The summed E-state index contributed by atoms with van der Waals surface area (Å²) in [6.45, 7) is 5.59. The van der Waals surface area contributed by atoms with Crippen molar-refractivity contribution >= 4 is 23.7 Å². The molecule has 1 aromatic heterocycles. The van der Waals surface area contributed by atoms with E-state index in [2.05, 4.69) is 5.32 Å². The van der Waals surface area contributed by atoms with Gasteiger partial charge < -0.3 is 19.6 Å². The first kappa shape index (κ1) is 21.0. The van der Waals surface area contributed by atoms with E-state index in [0.29, 0.717) is 13.0 Å². The fourth-order valence-corrected chi connectivity index (χ4v) is 2.56. The maximum Gasteiger partial charge on any atom is 0.342 e. The number of ether oxygens (including phenoxy) is 2. The van der Waals surface area contributed by atoms with Gasteiger partial charge in [0.1, 0.15) is 22.6 Å². The molecule has 0 aliphatic carbocycles. The van der Waals surface area contributed by atoms with Gasteiger partial charge in [-0.3, -0.25) is 14.9 Å². The van der Waals surface area contributed by atoms with Crippen molar-refractivity contribution in [3.63, 3.8) is 0 Å². The number of furan rings is 1. The second-order valence-corrected chi connectivity index (χ2v) is 6.14. The standard InChI is InChI=1S/C20H24N2O6/c1-4-26-20(25)16-13(3)28-19(17(16)18(21)24)22-15(23)6-5-11-27-14-9-7-12(2)8-10-14/h7-10H,4-6,11H2,1-3H3,(H2,21,24)(H,22,23). The van der Waals surface area contributed by atoms with E-state index in [4.69, 9.17) is 19.6 Å². The molecule has 28 heavy (non-hydrogen) atoms. The molecule has 0 saturated carbocycles. The lowest BCUT2D eigenvalue weighted by Gasteiger charge is -2.07. The first-order valence-electron chi connectivity index (χ1n) is 8.93. The lowest BCUT2D eigenvalue weighted by Crippen LogP contribution is -2.20. The Morgan fingerprint density at radius 1 is 1.11 bits per heavy atom. The third-order valence-electron chi connectivity index (χ3n) is 3.90. The van der Waals surface area contributed by atoms with Crippen molar-refractivity contribution in [3.05, 3.63) is 46.7 Å². The highest BCUT2D eigenvalue weighted by molar-refractivity contribution is 6.10. The highest BCUT2D eigenvalue weighted by atomic mass is 16.5. The Balaban J connectivity index is 1.95. The van der Waals surface area contributed by atoms with Gasteiger partial charge in [-0.05, 0) is 39.3 Å². The molecule has 0 radical (unpaired) electrons. The van der Waals surface area contributed by atoms with Gasteiger partial charge in [0, 0.05) is 6.42 Å². The Morgan fingerprint density at radius 3 is 2.39 bits per heavy atom. The number of rotatable bonds is 9. The first-order valence-corrected chi connectivity index (χ1v) is 8.93. The van der Waals surface area contributed by atoms with Gasteiger partial charge in [-0.15, -0.1) is 0 Å². The topological polar surface area (TPSA) is 121 Å². The predicted molar refractivity (Wildman–Crippen MR) is 102 cm³/mol. The van der Waals surface area contributed by atoms with Crippen LogP contribution in [0.25, 0.3) is 0 Å². The number of hydrogen-bond donors (Lipinski definition) is 2. The zero-order valence-corrected chi connectivity index (χ0v) is 16.2. The van der Waals surface area contributed by atoms with E-state index in [-0.39, 0.29) is 41.7 Å². The molecule has 150 valence electrons. The minimum absolute atomic E-state index is 0.0765. The number of carbonyl (C=O) groups excluding carboxylic acids is 3. The SMILES string of the molecule is CCOC(=O)c1c(C)oc(NC(=O)CCCOc2ccc(C)cc2)c1C(N)=O. The molecule has 2 amide bonds. The average molecular weight is 388 g/mol. The van der Waals surface area contributed by atoms with Crippen LogP contribution in [-0.4, -0.2) is 31.0 Å². The van der Waals surface area contributed by atoms with E-state index in [0.717, 1.165) is 11.3 Å². The van der Waals surface area contributed by atoms with Gasteiger partial charge in [0.05, 0.1) is 13.2 Å². The Kier molecular flexibility index (Phi) is 7.20. The normalized spacial score (nSPS) is 10.4. The summed E-state index contributed by atoms with van der Waals surface area (Å²) in [5, 5.41) is 2.49. The Morgan fingerprint density at radius 2 is 1.79 bits per heavy atom. The van der Waals surface area contributed by atoms with Gasteiger partial charge in [-0.25, -0.2) is 4.79 Å². The van der Waals surface area contributed by atoms with Gasteiger partial charge in [-0.1, -0.05) is 17.7 Å². The number of carbonyl (C=O) groups is 3. The zero-order valence-electron chi connectivity index (χ0n) is 16.2. The summed E-state index contributed by atoms with van der Waals surface area (Å²) in [5.74, 6) is -1.30. The van der Waals surface area contributed by atoms with Crippen molar-refractivity contribution < 1.29 is 28.3 Å². The molecule has 0 bridgehead atoms. The third-order valence-corrected chi connectivity index (χ3v) is 3.90. The third kappa shape index (κ3) is 5.35. The molecule has 0 unspecified atom stereocenters. The minimum atomic E-state index is -0.891. The summed E-state index contributed by atoms with van der Waals surface area (Å²) in [4.78, 5) is 36.0. The molecule has 8 heteroatoms. The van der Waals surface area contributed by atoms with E-state index in [1.54, 1.807) is 6.92 Å². The van der Waals surface area contributed by atoms with Crippen LogP contribution < -0.4 is 15.8 Å². The van der Waals surface area contributed by atoms with Gasteiger partial charge in [0.25, 0.3) is 5.91 Å². The maximum atomic E-state index is 12.2. The van der Waals surface area contributed by atoms with Crippen LogP contribution in [0, 0.1) is 13.8 Å². The molecule has 1 heterocycles. The van der Waals surface area contributed by atoms with Crippen LogP contribution in [0.4, 0.5) is 5.88 Å². The first-order chi connectivity index (χ1) is 13.3. The molecule has 2 rings (SSSR count). The summed E-state index contributed by atoms with van der Waals surface area (Å²) in [6, 6.07) is 7.59. The molecular weight excluding hydrogens is 364 g/mol. The summed E-state index contributed by atoms with van der Waals surface area (Å²) in [6.07, 6.45) is 0.592. The number of primary amides is 1. The van der Waals surface area contributed by atoms with Crippen LogP contribution in [0.1, 0.15) is 51.8 Å². The number of nitrogens with one attached hydrogen (secondary N) is 1. The Bertz CT molecular complexity index is 854. The number of benzene rings is 1.